The summed E-state index contributed by atoms with van der Waals surface area (Å²) in [5, 5.41) is 4.16. The van der Waals surface area contributed by atoms with Crippen molar-refractivity contribution in [2.24, 2.45) is 34.1 Å². The Labute approximate surface area is 139 Å². The summed E-state index contributed by atoms with van der Waals surface area (Å²) < 4.78 is 0. The van der Waals surface area contributed by atoms with Crippen LogP contribution in [0, 0.1) is 23.2 Å². The van der Waals surface area contributed by atoms with E-state index in [1.54, 1.807) is 0 Å². The predicted molar refractivity (Wildman–Crippen MR) is 91.9 cm³/mol. The van der Waals surface area contributed by atoms with Crippen LogP contribution < -0.4 is 5.84 Å². The van der Waals surface area contributed by atoms with E-state index in [0.717, 1.165) is 37.6 Å². The molecule has 0 bridgehead atoms. The van der Waals surface area contributed by atoms with Gasteiger partial charge in [-0.1, -0.05) is 13.3 Å². The number of hydrogen-bond acceptors (Lipinski definition) is 3. The SMILES string of the molecule is C[C@]12CC[C@H]3[C@@H](CCN4C(=O)CCCC[C@]34C)[C@@H]1CC/C2=N/N. The van der Waals surface area contributed by atoms with Gasteiger partial charge in [0, 0.05) is 29.6 Å². The van der Waals surface area contributed by atoms with Crippen molar-refractivity contribution >= 4 is 11.6 Å². The van der Waals surface area contributed by atoms with Crippen LogP contribution in [-0.4, -0.2) is 28.6 Å². The molecule has 1 amide bonds. The average Bonchev–Trinajstić information content (AvgIpc) is 2.79. The van der Waals surface area contributed by atoms with Crippen molar-refractivity contribution in [1.82, 2.24) is 4.90 Å². The summed E-state index contributed by atoms with van der Waals surface area (Å²) in [4.78, 5) is 14.9. The summed E-state index contributed by atoms with van der Waals surface area (Å²) in [6, 6.07) is 0. The zero-order valence-corrected chi connectivity index (χ0v) is 14.7. The lowest BCUT2D eigenvalue weighted by atomic mass is 9.53. The first kappa shape index (κ1) is 15.5. The molecular weight excluding hydrogens is 286 g/mol. The smallest absolute Gasteiger partial charge is 0.223 e. The van der Waals surface area contributed by atoms with Crippen molar-refractivity contribution in [2.75, 3.05) is 6.54 Å². The van der Waals surface area contributed by atoms with Crippen LogP contribution in [0.15, 0.2) is 5.10 Å². The molecule has 0 aromatic carbocycles. The summed E-state index contributed by atoms with van der Waals surface area (Å²) in [6.45, 7) is 5.76. The molecule has 2 saturated carbocycles. The molecule has 2 aliphatic carbocycles. The van der Waals surface area contributed by atoms with Crippen LogP contribution in [-0.2, 0) is 4.79 Å². The molecule has 0 unspecified atom stereocenters. The second-order valence-corrected chi connectivity index (χ2v) is 8.85. The Bertz CT molecular complexity index is 545. The fraction of sp³-hybridized carbons (Fsp3) is 0.895. The van der Waals surface area contributed by atoms with Gasteiger partial charge in [0.25, 0.3) is 0 Å². The number of carbonyl (C=O) groups excluding carboxylic acids is 1. The monoisotopic (exact) mass is 317 g/mol. The highest BCUT2D eigenvalue weighted by molar-refractivity contribution is 5.92. The second-order valence-electron chi connectivity index (χ2n) is 8.85. The van der Waals surface area contributed by atoms with Crippen molar-refractivity contribution in [1.29, 1.82) is 0 Å². The Morgan fingerprint density at radius 3 is 2.70 bits per heavy atom. The molecule has 0 radical (unpaired) electrons. The molecule has 4 aliphatic rings. The third-order valence-corrected chi connectivity index (χ3v) is 8.06. The van der Waals surface area contributed by atoms with Gasteiger partial charge in [0.15, 0.2) is 0 Å². The van der Waals surface area contributed by atoms with Gasteiger partial charge in [-0.15, -0.1) is 0 Å². The summed E-state index contributed by atoms with van der Waals surface area (Å²) in [5.41, 5.74) is 1.58. The summed E-state index contributed by atoms with van der Waals surface area (Å²) in [6.07, 6.45) is 10.2. The Kier molecular flexibility index (Phi) is 3.51. The molecular formula is C19H31N3O. The molecule has 2 saturated heterocycles. The molecule has 2 aliphatic heterocycles. The average molecular weight is 317 g/mol. The normalized spacial score (nSPS) is 48.6. The van der Waals surface area contributed by atoms with Crippen molar-refractivity contribution in [2.45, 2.75) is 77.2 Å². The summed E-state index contributed by atoms with van der Waals surface area (Å²) in [5.74, 6) is 8.26. The molecule has 4 heteroatoms. The number of fused-ring (bicyclic) bond motifs is 5. The van der Waals surface area contributed by atoms with Gasteiger partial charge in [-0.2, -0.15) is 5.10 Å². The minimum atomic E-state index is 0.0977. The Balaban J connectivity index is 1.68. The first-order valence-electron chi connectivity index (χ1n) is 9.58. The van der Waals surface area contributed by atoms with Gasteiger partial charge >= 0.3 is 0 Å². The third kappa shape index (κ3) is 2.02. The highest BCUT2D eigenvalue weighted by Crippen LogP contribution is 2.60. The maximum absolute atomic E-state index is 12.6. The quantitative estimate of drug-likeness (QED) is 0.550. The fourth-order valence-corrected chi connectivity index (χ4v) is 6.82. The maximum atomic E-state index is 12.6. The fourth-order valence-electron chi connectivity index (χ4n) is 6.82. The second kappa shape index (κ2) is 5.22. The van der Waals surface area contributed by atoms with Crippen LogP contribution in [0.4, 0.5) is 0 Å². The van der Waals surface area contributed by atoms with E-state index >= 15 is 0 Å². The first-order chi connectivity index (χ1) is 11.0. The lowest BCUT2D eigenvalue weighted by Crippen LogP contribution is -2.62. The van der Waals surface area contributed by atoms with Crippen LogP contribution in [0.2, 0.25) is 0 Å². The van der Waals surface area contributed by atoms with E-state index in [1.165, 1.54) is 44.2 Å². The first-order valence-corrected chi connectivity index (χ1v) is 9.58. The van der Waals surface area contributed by atoms with E-state index in [1.807, 2.05) is 0 Å². The largest absolute Gasteiger partial charge is 0.337 e. The van der Waals surface area contributed by atoms with E-state index in [0.29, 0.717) is 11.8 Å². The third-order valence-electron chi connectivity index (χ3n) is 8.06. The van der Waals surface area contributed by atoms with Gasteiger partial charge in [0.05, 0.1) is 0 Å². The van der Waals surface area contributed by atoms with Crippen molar-refractivity contribution in [3.8, 4) is 0 Å². The zero-order chi connectivity index (χ0) is 16.2. The molecule has 2 N–H and O–H groups in total. The van der Waals surface area contributed by atoms with E-state index in [9.17, 15) is 4.79 Å². The number of carbonyl (C=O) groups is 1. The standard InChI is InChI=1S/C19H31N3O/c1-18-11-8-15-13(14(18)6-7-16(18)21-20)9-12-22-17(23)5-3-4-10-19(15,22)2/h13-15H,3-12,20H2,1-2H3/b21-16-/t13-,14-,15-,18-,19+/m0/s1. The predicted octanol–water partition coefficient (Wildman–Crippen LogP) is 3.31. The molecule has 0 aromatic heterocycles. The van der Waals surface area contributed by atoms with Crippen molar-refractivity contribution < 1.29 is 4.79 Å². The summed E-state index contributed by atoms with van der Waals surface area (Å²) >= 11 is 0. The molecule has 4 rings (SSSR count). The highest BCUT2D eigenvalue weighted by atomic mass is 16.2. The number of hydrazone groups is 1. The van der Waals surface area contributed by atoms with Gasteiger partial charge in [-0.25, -0.2) is 0 Å². The number of piperidine rings is 1. The Morgan fingerprint density at radius 2 is 1.91 bits per heavy atom. The molecule has 23 heavy (non-hydrogen) atoms. The topological polar surface area (TPSA) is 58.7 Å². The molecule has 0 spiro atoms. The molecule has 5 atom stereocenters. The molecule has 0 aromatic rings. The van der Waals surface area contributed by atoms with Crippen LogP contribution >= 0.6 is 0 Å². The molecule has 4 nitrogen and oxygen atoms in total. The van der Waals surface area contributed by atoms with E-state index in [-0.39, 0.29) is 11.0 Å². The Morgan fingerprint density at radius 1 is 1.09 bits per heavy atom. The minimum absolute atomic E-state index is 0.0977. The van der Waals surface area contributed by atoms with E-state index in [2.05, 4.69) is 23.8 Å². The van der Waals surface area contributed by atoms with Crippen LogP contribution in [0.25, 0.3) is 0 Å². The summed E-state index contributed by atoms with van der Waals surface area (Å²) in [7, 11) is 0. The van der Waals surface area contributed by atoms with Crippen LogP contribution in [0.5, 0.6) is 0 Å². The van der Waals surface area contributed by atoms with Crippen LogP contribution in [0.1, 0.15) is 71.6 Å². The van der Waals surface area contributed by atoms with Crippen LogP contribution in [0.3, 0.4) is 0 Å². The maximum Gasteiger partial charge on any atom is 0.223 e. The minimum Gasteiger partial charge on any atom is -0.337 e. The lowest BCUT2D eigenvalue weighted by molar-refractivity contribution is -0.150. The van der Waals surface area contributed by atoms with Gasteiger partial charge in [-0.05, 0) is 69.6 Å². The van der Waals surface area contributed by atoms with E-state index < -0.39 is 0 Å². The number of amides is 1. The van der Waals surface area contributed by atoms with Crippen molar-refractivity contribution in [3.63, 3.8) is 0 Å². The number of rotatable bonds is 0. The van der Waals surface area contributed by atoms with Gasteiger partial charge in [-0.3, -0.25) is 4.79 Å². The number of nitrogens with zero attached hydrogens (tertiary/aromatic N) is 2. The van der Waals surface area contributed by atoms with Gasteiger partial charge < -0.3 is 10.7 Å². The Hall–Kier alpha value is -1.06. The van der Waals surface area contributed by atoms with Gasteiger partial charge in [0.1, 0.15) is 0 Å². The zero-order valence-electron chi connectivity index (χ0n) is 14.7. The van der Waals surface area contributed by atoms with E-state index in [4.69, 9.17) is 5.84 Å². The molecule has 2 heterocycles. The van der Waals surface area contributed by atoms with Gasteiger partial charge in [0.2, 0.25) is 5.91 Å². The van der Waals surface area contributed by atoms with Crippen molar-refractivity contribution in [3.05, 3.63) is 0 Å². The lowest BCUT2D eigenvalue weighted by Gasteiger charge is -2.59. The number of nitrogens with two attached hydrogens (primary N) is 1. The number of hydrogen-bond donors (Lipinski definition) is 1. The molecule has 128 valence electrons. The molecule has 4 fully saturated rings. The highest BCUT2D eigenvalue weighted by Gasteiger charge is 2.59.